The Balaban J connectivity index is 5.61. The van der Waals surface area contributed by atoms with Crippen LogP contribution in [-0.2, 0) is 33.4 Å². The van der Waals surface area contributed by atoms with Gasteiger partial charge in [0.15, 0.2) is 0 Å². The summed E-state index contributed by atoms with van der Waals surface area (Å²) in [6, 6.07) is 0. The van der Waals surface area contributed by atoms with Crippen molar-refractivity contribution in [3.05, 3.63) is 12.7 Å². The highest BCUT2D eigenvalue weighted by atomic mass is 32.2. The average Bonchev–Trinajstić information content (AvgIpc) is 2.47. The number of hydrogen-bond donors (Lipinski definition) is 0. The lowest BCUT2D eigenvalue weighted by Crippen LogP contribution is -2.43. The fraction of sp³-hybridized carbons (Fsp3) is 0.600. The molecule has 8 heteroatoms. The molecule has 0 aliphatic carbocycles. The molecule has 0 aliphatic rings. The van der Waals surface area contributed by atoms with Crippen molar-refractivity contribution in [3.63, 3.8) is 0 Å². The number of carbonyl (C=O) groups excluding carboxylic acids is 4. The van der Waals surface area contributed by atoms with Crippen molar-refractivity contribution in [2.24, 2.45) is 0 Å². The lowest BCUT2D eigenvalue weighted by atomic mass is 10.0. The molecule has 0 aliphatic heterocycles. The Morgan fingerprint density at radius 2 is 1.35 bits per heavy atom. The van der Waals surface area contributed by atoms with Gasteiger partial charge in [-0.05, 0) is 26.8 Å². The van der Waals surface area contributed by atoms with Crippen LogP contribution < -0.4 is 0 Å². The van der Waals surface area contributed by atoms with E-state index in [0.29, 0.717) is 11.8 Å². The maximum Gasteiger partial charge on any atom is 0.323 e. The van der Waals surface area contributed by atoms with Crippen molar-refractivity contribution in [1.29, 1.82) is 0 Å². The molecule has 130 valence electrons. The average molecular weight is 346 g/mol. The molecular weight excluding hydrogens is 324 g/mol. The molecular formula is C15H22O7S. The van der Waals surface area contributed by atoms with Crippen molar-refractivity contribution in [1.82, 2.24) is 0 Å². The molecule has 0 rings (SSSR count). The largest absolute Gasteiger partial charge is 0.466 e. The van der Waals surface area contributed by atoms with Gasteiger partial charge in [-0.25, -0.2) is 0 Å². The lowest BCUT2D eigenvalue weighted by molar-refractivity contribution is -0.156. The van der Waals surface area contributed by atoms with E-state index in [1.165, 1.54) is 0 Å². The third-order valence-electron chi connectivity index (χ3n) is 2.58. The zero-order valence-corrected chi connectivity index (χ0v) is 14.4. The predicted molar refractivity (Wildman–Crippen MR) is 84.7 cm³/mol. The van der Waals surface area contributed by atoms with Crippen molar-refractivity contribution in [2.75, 3.05) is 19.8 Å². The van der Waals surface area contributed by atoms with Gasteiger partial charge in [0.2, 0.25) is 5.12 Å². The zero-order valence-electron chi connectivity index (χ0n) is 13.6. The van der Waals surface area contributed by atoms with Gasteiger partial charge in [-0.3, -0.25) is 19.2 Å². The summed E-state index contributed by atoms with van der Waals surface area (Å²) in [5.41, 5.74) is 0. The van der Waals surface area contributed by atoms with Gasteiger partial charge in [0.1, 0.15) is 4.75 Å². The fourth-order valence-corrected chi connectivity index (χ4v) is 2.70. The van der Waals surface area contributed by atoms with Gasteiger partial charge in [-0.1, -0.05) is 18.3 Å². The van der Waals surface area contributed by atoms with Gasteiger partial charge in [-0.2, -0.15) is 0 Å². The molecule has 0 saturated carbocycles. The number of thioether (sulfide) groups is 1. The molecule has 0 amide bonds. The topological polar surface area (TPSA) is 96.0 Å². The van der Waals surface area contributed by atoms with Crippen molar-refractivity contribution in [2.45, 2.75) is 38.4 Å². The number of hydrogen-bond acceptors (Lipinski definition) is 8. The van der Waals surface area contributed by atoms with Crippen LogP contribution in [0.5, 0.6) is 0 Å². The van der Waals surface area contributed by atoms with Crippen molar-refractivity contribution in [3.8, 4) is 0 Å². The van der Waals surface area contributed by atoms with Crippen LogP contribution in [0.25, 0.3) is 0 Å². The summed E-state index contributed by atoms with van der Waals surface area (Å²) in [5, 5.41) is -0.563. The summed E-state index contributed by atoms with van der Waals surface area (Å²) in [6.07, 6.45) is 0.0282. The van der Waals surface area contributed by atoms with Gasteiger partial charge in [0, 0.05) is 0 Å². The molecule has 0 aromatic carbocycles. The first kappa shape index (κ1) is 21.2. The van der Waals surface area contributed by atoms with Crippen LogP contribution in [-0.4, -0.2) is 47.6 Å². The molecule has 23 heavy (non-hydrogen) atoms. The van der Waals surface area contributed by atoms with Crippen LogP contribution in [0.2, 0.25) is 0 Å². The Labute approximate surface area is 139 Å². The minimum Gasteiger partial charge on any atom is -0.466 e. The fourth-order valence-electron chi connectivity index (χ4n) is 1.71. The molecule has 0 fully saturated rings. The summed E-state index contributed by atoms with van der Waals surface area (Å²) in [6.45, 7) is 8.38. The monoisotopic (exact) mass is 346 g/mol. The summed E-state index contributed by atoms with van der Waals surface area (Å²) >= 11 is 0.515. The second-order valence-corrected chi connectivity index (χ2v) is 5.69. The third kappa shape index (κ3) is 7.32. The first-order chi connectivity index (χ1) is 10.8. The maximum atomic E-state index is 12.4. The van der Waals surface area contributed by atoms with Crippen LogP contribution in [0.1, 0.15) is 33.6 Å². The minimum atomic E-state index is -1.74. The molecule has 0 aromatic heterocycles. The first-order valence-corrected chi connectivity index (χ1v) is 8.00. The Bertz CT molecular complexity index is 439. The molecule has 0 bridgehead atoms. The van der Waals surface area contributed by atoms with Gasteiger partial charge in [0.05, 0.1) is 32.7 Å². The highest BCUT2D eigenvalue weighted by Crippen LogP contribution is 2.36. The summed E-state index contributed by atoms with van der Waals surface area (Å²) in [5.74, 6) is -2.27. The van der Waals surface area contributed by atoms with Crippen LogP contribution in [0.3, 0.4) is 0 Å². The number of carbonyl (C=O) groups is 4. The Hall–Kier alpha value is -1.83. The highest BCUT2D eigenvalue weighted by molar-refractivity contribution is 8.15. The second kappa shape index (κ2) is 10.8. The lowest BCUT2D eigenvalue weighted by Gasteiger charge is -2.27. The van der Waals surface area contributed by atoms with Crippen LogP contribution in [0.4, 0.5) is 0 Å². The SMILES string of the molecule is C=CC(=O)SC(CC(=O)OCC)(CC(=O)OCC)C(=O)OCC. The molecule has 0 unspecified atom stereocenters. The Kier molecular flexibility index (Phi) is 9.96. The Morgan fingerprint density at radius 3 is 1.70 bits per heavy atom. The smallest absolute Gasteiger partial charge is 0.323 e. The van der Waals surface area contributed by atoms with Gasteiger partial charge < -0.3 is 14.2 Å². The molecule has 0 heterocycles. The molecule has 7 nitrogen and oxygen atoms in total. The van der Waals surface area contributed by atoms with E-state index < -0.39 is 40.6 Å². The maximum absolute atomic E-state index is 12.4. The van der Waals surface area contributed by atoms with Crippen molar-refractivity contribution < 1.29 is 33.4 Å². The molecule has 0 aromatic rings. The van der Waals surface area contributed by atoms with E-state index in [1.54, 1.807) is 20.8 Å². The molecule has 0 saturated heterocycles. The second-order valence-electron chi connectivity index (χ2n) is 4.30. The third-order valence-corrected chi connectivity index (χ3v) is 3.79. The standard InChI is InChI=1S/C15H22O7S/c1-5-13(18)23-15(14(19)22-8-4,9-11(16)20-6-2)10-12(17)21-7-3/h5H,1,6-10H2,2-4H3. The molecule has 0 atom stereocenters. The number of esters is 3. The van der Waals surface area contributed by atoms with Crippen LogP contribution in [0.15, 0.2) is 12.7 Å². The zero-order chi connectivity index (χ0) is 17.9. The van der Waals surface area contributed by atoms with E-state index in [1.807, 2.05) is 0 Å². The minimum absolute atomic E-state index is 0.0368. The highest BCUT2D eigenvalue weighted by Gasteiger charge is 2.47. The summed E-state index contributed by atoms with van der Waals surface area (Å²) < 4.78 is 12.9. The normalized spacial score (nSPS) is 10.6. The summed E-state index contributed by atoms with van der Waals surface area (Å²) in [4.78, 5) is 47.8. The number of ether oxygens (including phenoxy) is 3. The number of rotatable bonds is 10. The van der Waals surface area contributed by atoms with Gasteiger partial charge in [-0.15, -0.1) is 0 Å². The van der Waals surface area contributed by atoms with E-state index in [2.05, 4.69) is 6.58 Å². The van der Waals surface area contributed by atoms with E-state index in [9.17, 15) is 19.2 Å². The molecule has 0 radical (unpaired) electrons. The van der Waals surface area contributed by atoms with Gasteiger partial charge in [0.25, 0.3) is 0 Å². The predicted octanol–water partition coefficient (Wildman–Crippen LogP) is 1.64. The van der Waals surface area contributed by atoms with Crippen LogP contribution >= 0.6 is 11.8 Å². The molecule has 0 N–H and O–H groups in total. The molecule has 0 spiro atoms. The van der Waals surface area contributed by atoms with E-state index in [4.69, 9.17) is 14.2 Å². The van der Waals surface area contributed by atoms with E-state index in [-0.39, 0.29) is 19.8 Å². The van der Waals surface area contributed by atoms with E-state index in [0.717, 1.165) is 6.08 Å². The van der Waals surface area contributed by atoms with Gasteiger partial charge >= 0.3 is 17.9 Å². The quantitative estimate of drug-likeness (QED) is 0.335. The Morgan fingerprint density at radius 1 is 0.913 bits per heavy atom. The van der Waals surface area contributed by atoms with Crippen molar-refractivity contribution >= 4 is 34.8 Å². The first-order valence-electron chi connectivity index (χ1n) is 7.19. The van der Waals surface area contributed by atoms with Crippen LogP contribution in [0, 0.1) is 0 Å². The summed E-state index contributed by atoms with van der Waals surface area (Å²) in [7, 11) is 0. The van der Waals surface area contributed by atoms with E-state index >= 15 is 0 Å².